The fourth-order valence-corrected chi connectivity index (χ4v) is 4.19. The van der Waals surface area contributed by atoms with Crippen LogP contribution in [0.2, 0.25) is 0 Å². The van der Waals surface area contributed by atoms with Crippen molar-refractivity contribution in [1.29, 1.82) is 0 Å². The number of hydrogen-bond acceptors (Lipinski definition) is 3. The molecule has 0 bridgehead atoms. The standard InChI is InChI=1S/C24H23N3O/c28-24-22-9-5-4-8-20(22)21-11-10-18(16-23(21)25-24)17-26-12-14-27(15-13-26)19-6-2-1-3-7-19/h1-11,16H,12-15,17H2,(H,25,28). The van der Waals surface area contributed by atoms with Crippen LogP contribution in [-0.2, 0) is 6.54 Å². The van der Waals surface area contributed by atoms with Gasteiger partial charge in [-0.15, -0.1) is 0 Å². The van der Waals surface area contributed by atoms with Gasteiger partial charge in [0.1, 0.15) is 0 Å². The second-order valence-electron chi connectivity index (χ2n) is 7.48. The van der Waals surface area contributed by atoms with Gasteiger partial charge in [0.15, 0.2) is 0 Å². The Kier molecular flexibility index (Phi) is 4.34. The summed E-state index contributed by atoms with van der Waals surface area (Å²) in [5.74, 6) is 0. The molecule has 0 aliphatic carbocycles. The summed E-state index contributed by atoms with van der Waals surface area (Å²) in [6.45, 7) is 5.08. The fourth-order valence-electron chi connectivity index (χ4n) is 4.19. The molecule has 0 unspecified atom stereocenters. The average molecular weight is 369 g/mol. The van der Waals surface area contributed by atoms with Crippen molar-refractivity contribution in [2.45, 2.75) is 6.54 Å². The van der Waals surface area contributed by atoms with Gasteiger partial charge in [0.25, 0.3) is 5.56 Å². The molecule has 140 valence electrons. The number of fused-ring (bicyclic) bond motifs is 3. The molecule has 0 spiro atoms. The van der Waals surface area contributed by atoms with Gasteiger partial charge < -0.3 is 9.88 Å². The molecule has 4 heteroatoms. The lowest BCUT2D eigenvalue weighted by atomic mass is 10.0. The molecule has 1 saturated heterocycles. The molecule has 1 aliphatic heterocycles. The Morgan fingerprint density at radius 2 is 1.46 bits per heavy atom. The number of anilines is 1. The summed E-state index contributed by atoms with van der Waals surface area (Å²) in [4.78, 5) is 20.4. The molecule has 0 atom stereocenters. The summed E-state index contributed by atoms with van der Waals surface area (Å²) in [5, 5.41) is 2.87. The van der Waals surface area contributed by atoms with Crippen molar-refractivity contribution in [2.24, 2.45) is 0 Å². The minimum Gasteiger partial charge on any atom is -0.369 e. The van der Waals surface area contributed by atoms with Crippen molar-refractivity contribution in [3.8, 4) is 0 Å². The highest BCUT2D eigenvalue weighted by atomic mass is 16.1. The molecule has 0 amide bonds. The van der Waals surface area contributed by atoms with E-state index in [0.29, 0.717) is 0 Å². The summed E-state index contributed by atoms with van der Waals surface area (Å²) >= 11 is 0. The van der Waals surface area contributed by atoms with Crippen LogP contribution in [0, 0.1) is 0 Å². The summed E-state index contributed by atoms with van der Waals surface area (Å²) in [6, 6.07) is 24.9. The van der Waals surface area contributed by atoms with Crippen LogP contribution in [0.1, 0.15) is 5.56 Å². The van der Waals surface area contributed by atoms with Gasteiger partial charge in [-0.05, 0) is 35.2 Å². The van der Waals surface area contributed by atoms with E-state index in [9.17, 15) is 4.79 Å². The first-order valence-electron chi connectivity index (χ1n) is 9.84. The first kappa shape index (κ1) is 17.0. The lowest BCUT2D eigenvalue weighted by Crippen LogP contribution is -2.45. The van der Waals surface area contributed by atoms with Gasteiger partial charge in [-0.1, -0.05) is 48.5 Å². The van der Waals surface area contributed by atoms with Crippen molar-refractivity contribution < 1.29 is 0 Å². The van der Waals surface area contributed by atoms with E-state index in [0.717, 1.165) is 54.4 Å². The van der Waals surface area contributed by atoms with Gasteiger partial charge in [0.2, 0.25) is 0 Å². The van der Waals surface area contributed by atoms with Crippen LogP contribution in [0.3, 0.4) is 0 Å². The molecule has 3 aromatic carbocycles. The molecule has 28 heavy (non-hydrogen) atoms. The highest BCUT2D eigenvalue weighted by Gasteiger charge is 2.17. The molecular weight excluding hydrogens is 346 g/mol. The number of rotatable bonds is 3. The molecule has 1 fully saturated rings. The van der Waals surface area contributed by atoms with Crippen molar-refractivity contribution >= 4 is 27.4 Å². The first-order valence-corrected chi connectivity index (χ1v) is 9.84. The van der Waals surface area contributed by atoms with E-state index in [2.05, 4.69) is 63.3 Å². The Balaban J connectivity index is 1.35. The quantitative estimate of drug-likeness (QED) is 0.555. The molecule has 5 rings (SSSR count). The van der Waals surface area contributed by atoms with E-state index in [1.165, 1.54) is 11.3 Å². The maximum atomic E-state index is 12.4. The van der Waals surface area contributed by atoms with Crippen LogP contribution in [0.15, 0.2) is 77.6 Å². The monoisotopic (exact) mass is 369 g/mol. The number of piperazine rings is 1. The van der Waals surface area contributed by atoms with Gasteiger partial charge in [0.05, 0.1) is 0 Å². The van der Waals surface area contributed by atoms with Gasteiger partial charge >= 0.3 is 0 Å². The van der Waals surface area contributed by atoms with Gasteiger partial charge in [0, 0.05) is 54.7 Å². The smallest absolute Gasteiger partial charge is 0.256 e. The summed E-state index contributed by atoms with van der Waals surface area (Å²) < 4.78 is 0. The van der Waals surface area contributed by atoms with Crippen molar-refractivity contribution in [3.05, 3.63) is 88.7 Å². The zero-order chi connectivity index (χ0) is 18.9. The third-order valence-corrected chi connectivity index (χ3v) is 5.69. The normalized spacial score (nSPS) is 15.4. The molecular formula is C24H23N3O. The van der Waals surface area contributed by atoms with Crippen LogP contribution in [0.5, 0.6) is 0 Å². The van der Waals surface area contributed by atoms with E-state index in [-0.39, 0.29) is 5.56 Å². The second kappa shape index (κ2) is 7.13. The molecule has 0 saturated carbocycles. The predicted molar refractivity (Wildman–Crippen MR) is 116 cm³/mol. The van der Waals surface area contributed by atoms with E-state index in [1.54, 1.807) is 0 Å². The number of nitrogens with zero attached hydrogens (tertiary/aromatic N) is 2. The fraction of sp³-hybridized carbons (Fsp3) is 0.208. The highest BCUT2D eigenvalue weighted by Crippen LogP contribution is 2.23. The Bertz CT molecular complexity index is 1170. The summed E-state index contributed by atoms with van der Waals surface area (Å²) in [5.41, 5.74) is 3.45. The average Bonchev–Trinajstić information content (AvgIpc) is 2.75. The van der Waals surface area contributed by atoms with Crippen molar-refractivity contribution in [3.63, 3.8) is 0 Å². The van der Waals surface area contributed by atoms with Crippen LogP contribution >= 0.6 is 0 Å². The number of nitrogens with one attached hydrogen (secondary N) is 1. The molecule has 1 aromatic heterocycles. The van der Waals surface area contributed by atoms with Crippen molar-refractivity contribution in [1.82, 2.24) is 9.88 Å². The van der Waals surface area contributed by atoms with E-state index < -0.39 is 0 Å². The third kappa shape index (κ3) is 3.16. The van der Waals surface area contributed by atoms with Crippen LogP contribution in [0.4, 0.5) is 5.69 Å². The van der Waals surface area contributed by atoms with Crippen LogP contribution in [0.25, 0.3) is 21.7 Å². The lowest BCUT2D eigenvalue weighted by molar-refractivity contribution is 0.250. The molecule has 2 heterocycles. The zero-order valence-electron chi connectivity index (χ0n) is 15.8. The Morgan fingerprint density at radius 1 is 0.750 bits per heavy atom. The van der Waals surface area contributed by atoms with Gasteiger partial charge in [-0.3, -0.25) is 9.69 Å². The number of pyridine rings is 1. The first-order chi connectivity index (χ1) is 13.8. The van der Waals surface area contributed by atoms with Crippen LogP contribution in [-0.4, -0.2) is 36.1 Å². The number of hydrogen-bond donors (Lipinski definition) is 1. The minimum atomic E-state index is -0.0169. The van der Waals surface area contributed by atoms with E-state index in [4.69, 9.17) is 0 Å². The van der Waals surface area contributed by atoms with Crippen molar-refractivity contribution in [2.75, 3.05) is 31.1 Å². The minimum absolute atomic E-state index is 0.0169. The number of para-hydroxylation sites is 1. The maximum absolute atomic E-state index is 12.4. The molecule has 4 nitrogen and oxygen atoms in total. The Labute approximate surface area is 164 Å². The molecule has 0 radical (unpaired) electrons. The molecule has 1 aliphatic rings. The van der Waals surface area contributed by atoms with E-state index in [1.807, 2.05) is 24.3 Å². The Morgan fingerprint density at radius 3 is 2.25 bits per heavy atom. The van der Waals surface area contributed by atoms with Gasteiger partial charge in [-0.2, -0.15) is 0 Å². The number of aromatic nitrogens is 1. The van der Waals surface area contributed by atoms with Gasteiger partial charge in [-0.25, -0.2) is 0 Å². The Hall–Kier alpha value is -3.11. The lowest BCUT2D eigenvalue weighted by Gasteiger charge is -2.36. The summed E-state index contributed by atoms with van der Waals surface area (Å²) in [6.07, 6.45) is 0. The number of benzene rings is 3. The number of H-pyrrole nitrogens is 1. The molecule has 4 aromatic rings. The van der Waals surface area contributed by atoms with Crippen LogP contribution < -0.4 is 10.5 Å². The van der Waals surface area contributed by atoms with E-state index >= 15 is 0 Å². The third-order valence-electron chi connectivity index (χ3n) is 5.69. The predicted octanol–water partition coefficient (Wildman–Crippen LogP) is 4.00. The zero-order valence-corrected chi connectivity index (χ0v) is 15.8. The maximum Gasteiger partial charge on any atom is 0.256 e. The summed E-state index contributed by atoms with van der Waals surface area (Å²) in [7, 11) is 0. The largest absolute Gasteiger partial charge is 0.369 e. The topological polar surface area (TPSA) is 39.3 Å². The SMILES string of the molecule is O=c1[nH]c2cc(CN3CCN(c4ccccc4)CC3)ccc2c2ccccc12. The highest BCUT2D eigenvalue weighted by molar-refractivity contribution is 6.05. The second-order valence-corrected chi connectivity index (χ2v) is 7.48. The number of aromatic amines is 1. The molecule has 1 N–H and O–H groups in total.